The number of esters is 1. The quantitative estimate of drug-likeness (QED) is 0.240. The van der Waals surface area contributed by atoms with E-state index in [1.807, 2.05) is 37.3 Å². The third-order valence-electron chi connectivity index (χ3n) is 8.19. The topological polar surface area (TPSA) is 84.0 Å². The van der Waals surface area contributed by atoms with Crippen molar-refractivity contribution in [3.05, 3.63) is 65.2 Å². The Morgan fingerprint density at radius 1 is 1.03 bits per heavy atom. The van der Waals surface area contributed by atoms with Crippen molar-refractivity contribution < 1.29 is 23.9 Å². The number of allylic oxidation sites excluding steroid dienone is 2. The van der Waals surface area contributed by atoms with Crippen LogP contribution in [0.3, 0.4) is 0 Å². The van der Waals surface area contributed by atoms with Crippen LogP contribution in [0.4, 0.5) is 11.4 Å². The van der Waals surface area contributed by atoms with Crippen LogP contribution in [0.5, 0.6) is 5.75 Å². The number of hydrogen-bond acceptors (Lipinski definition) is 5. The minimum Gasteiger partial charge on any atom is -0.426 e. The molecule has 7 heteroatoms. The van der Waals surface area contributed by atoms with Gasteiger partial charge in [0.15, 0.2) is 0 Å². The van der Waals surface area contributed by atoms with Crippen LogP contribution in [-0.2, 0) is 32.0 Å². The lowest BCUT2D eigenvalue weighted by Crippen LogP contribution is -2.32. The summed E-state index contributed by atoms with van der Waals surface area (Å²) < 4.78 is 5.69. The number of rotatable bonds is 6. The van der Waals surface area contributed by atoms with Crippen molar-refractivity contribution in [1.29, 1.82) is 0 Å². The van der Waals surface area contributed by atoms with E-state index in [1.54, 1.807) is 30.0 Å². The van der Waals surface area contributed by atoms with Gasteiger partial charge < -0.3 is 9.64 Å². The van der Waals surface area contributed by atoms with E-state index in [-0.39, 0.29) is 48.4 Å². The Morgan fingerprint density at radius 3 is 2.37 bits per heavy atom. The van der Waals surface area contributed by atoms with Gasteiger partial charge >= 0.3 is 5.97 Å². The van der Waals surface area contributed by atoms with Gasteiger partial charge in [-0.25, -0.2) is 4.90 Å². The zero-order valence-corrected chi connectivity index (χ0v) is 22.4. The highest BCUT2D eigenvalue weighted by Gasteiger charge is 2.50. The molecule has 0 N–H and O–H groups in total. The molecule has 2 fully saturated rings. The van der Waals surface area contributed by atoms with Crippen molar-refractivity contribution in [3.8, 4) is 5.75 Å². The highest BCUT2D eigenvalue weighted by molar-refractivity contribution is 6.22. The van der Waals surface area contributed by atoms with Crippen molar-refractivity contribution in [3.63, 3.8) is 0 Å². The first kappa shape index (κ1) is 25.9. The number of carbonyl (C=O) groups excluding carboxylic acids is 4. The molecule has 1 aliphatic carbocycles. The number of imide groups is 1. The fraction of sp³-hybridized carbons (Fsp3) is 0.419. The van der Waals surface area contributed by atoms with Gasteiger partial charge in [-0.15, -0.1) is 0 Å². The number of para-hydroxylation sites is 1. The first-order valence-electron chi connectivity index (χ1n) is 13.5. The van der Waals surface area contributed by atoms with E-state index in [9.17, 15) is 19.2 Å². The maximum atomic E-state index is 13.2. The van der Waals surface area contributed by atoms with Gasteiger partial charge in [0.05, 0.1) is 23.4 Å². The second kappa shape index (κ2) is 10.2. The Kier molecular flexibility index (Phi) is 6.95. The standard InChI is InChI=1S/C31H34N2O5/c1-5-20-10-8-11-21(6-2)28(20)32-17-22(16-26(32)34)31(37)38-23-13-14-25(19(4)15-23)33-29(35)24-12-7-9-18(3)27(24)30(33)36/h7-11,13-15,18,22,24,27H,5-6,12,16-17H2,1-4H3/t18-,22-,24-,27-/m1/s1. The molecule has 2 heterocycles. The summed E-state index contributed by atoms with van der Waals surface area (Å²) in [6.07, 6.45) is 6.26. The number of ether oxygens (including phenoxy) is 1. The van der Waals surface area contributed by atoms with Crippen molar-refractivity contribution in [2.75, 3.05) is 16.3 Å². The SMILES string of the molecule is CCc1cccc(CC)c1N1C[C@H](C(=O)Oc2ccc(N3C(=O)[C@@H]4[C@H](C)C=CC[C@H]4C3=O)c(C)c2)CC1=O. The number of hydrogen-bond donors (Lipinski definition) is 0. The highest BCUT2D eigenvalue weighted by atomic mass is 16.5. The second-order valence-electron chi connectivity index (χ2n) is 10.6. The van der Waals surface area contributed by atoms with Gasteiger partial charge in [-0.05, 0) is 67.0 Å². The van der Waals surface area contributed by atoms with Crippen molar-refractivity contribution in [2.45, 2.75) is 53.4 Å². The van der Waals surface area contributed by atoms with Crippen LogP contribution in [0.1, 0.15) is 50.3 Å². The molecular weight excluding hydrogens is 480 g/mol. The third kappa shape index (κ3) is 4.34. The minimum absolute atomic E-state index is 0.0159. The Balaban J connectivity index is 1.31. The van der Waals surface area contributed by atoms with E-state index in [2.05, 4.69) is 13.8 Å². The summed E-state index contributed by atoms with van der Waals surface area (Å²) in [5.41, 5.74) is 4.29. The Labute approximate surface area is 223 Å². The number of amides is 3. The van der Waals surface area contributed by atoms with Crippen molar-refractivity contribution in [1.82, 2.24) is 0 Å². The van der Waals surface area contributed by atoms with Crippen LogP contribution in [0.15, 0.2) is 48.6 Å². The summed E-state index contributed by atoms with van der Waals surface area (Å²) in [4.78, 5) is 55.3. The monoisotopic (exact) mass is 514 g/mol. The van der Waals surface area contributed by atoms with Crippen molar-refractivity contribution in [2.24, 2.45) is 23.7 Å². The van der Waals surface area contributed by atoms with E-state index in [0.29, 0.717) is 23.4 Å². The lowest BCUT2D eigenvalue weighted by Gasteiger charge is -2.23. The van der Waals surface area contributed by atoms with Gasteiger partial charge in [0.25, 0.3) is 0 Å². The fourth-order valence-electron chi connectivity index (χ4n) is 6.17. The number of anilines is 2. The van der Waals surface area contributed by atoms with E-state index in [0.717, 1.165) is 29.7 Å². The largest absolute Gasteiger partial charge is 0.426 e. The lowest BCUT2D eigenvalue weighted by molar-refractivity contribution is -0.139. The molecule has 2 aromatic carbocycles. The molecule has 0 spiro atoms. The molecule has 7 nitrogen and oxygen atoms in total. The summed E-state index contributed by atoms with van der Waals surface area (Å²) in [5, 5.41) is 0. The highest BCUT2D eigenvalue weighted by Crippen LogP contribution is 2.42. The van der Waals surface area contributed by atoms with Gasteiger partial charge in [0, 0.05) is 18.7 Å². The third-order valence-corrected chi connectivity index (χ3v) is 8.19. The minimum atomic E-state index is -0.573. The van der Waals surface area contributed by atoms with Crippen LogP contribution in [-0.4, -0.2) is 30.2 Å². The Bertz CT molecular complexity index is 1320. The molecule has 0 bridgehead atoms. The zero-order chi connectivity index (χ0) is 27.1. The number of nitrogens with zero attached hydrogens (tertiary/aromatic N) is 2. The molecule has 0 radical (unpaired) electrons. The van der Waals surface area contributed by atoms with Crippen LogP contribution >= 0.6 is 0 Å². The Morgan fingerprint density at radius 2 is 1.74 bits per heavy atom. The van der Waals surface area contributed by atoms with Gasteiger partial charge in [-0.3, -0.25) is 19.2 Å². The smallest absolute Gasteiger partial charge is 0.316 e. The first-order valence-corrected chi connectivity index (χ1v) is 13.5. The summed E-state index contributed by atoms with van der Waals surface area (Å²) in [6, 6.07) is 11.0. The molecule has 5 rings (SSSR count). The molecule has 3 aliphatic rings. The summed E-state index contributed by atoms with van der Waals surface area (Å²) >= 11 is 0. The summed E-state index contributed by atoms with van der Waals surface area (Å²) in [5.74, 6) is -1.77. The fourth-order valence-corrected chi connectivity index (χ4v) is 6.17. The predicted octanol–water partition coefficient (Wildman–Crippen LogP) is 4.78. The van der Waals surface area contributed by atoms with E-state index < -0.39 is 11.9 Å². The Hall–Kier alpha value is -3.74. The van der Waals surface area contributed by atoms with Gasteiger partial charge in [0.2, 0.25) is 17.7 Å². The first-order chi connectivity index (χ1) is 18.2. The van der Waals surface area contributed by atoms with E-state index >= 15 is 0 Å². The molecule has 198 valence electrons. The average molecular weight is 515 g/mol. The number of benzene rings is 2. The molecule has 38 heavy (non-hydrogen) atoms. The maximum Gasteiger partial charge on any atom is 0.316 e. The molecule has 2 aliphatic heterocycles. The molecule has 2 aromatic rings. The molecule has 0 unspecified atom stereocenters. The van der Waals surface area contributed by atoms with E-state index in [1.165, 1.54) is 4.90 Å². The predicted molar refractivity (Wildman–Crippen MR) is 145 cm³/mol. The number of fused-ring (bicyclic) bond motifs is 1. The second-order valence-corrected chi connectivity index (χ2v) is 10.6. The average Bonchev–Trinajstić information content (AvgIpc) is 3.41. The van der Waals surface area contributed by atoms with Crippen LogP contribution in [0.25, 0.3) is 0 Å². The summed E-state index contributed by atoms with van der Waals surface area (Å²) in [7, 11) is 0. The molecule has 4 atom stereocenters. The number of aryl methyl sites for hydroxylation is 3. The van der Waals surface area contributed by atoms with Gasteiger partial charge in [-0.1, -0.05) is 51.1 Å². The van der Waals surface area contributed by atoms with Crippen LogP contribution in [0.2, 0.25) is 0 Å². The van der Waals surface area contributed by atoms with E-state index in [4.69, 9.17) is 4.74 Å². The maximum absolute atomic E-state index is 13.2. The lowest BCUT2D eigenvalue weighted by atomic mass is 9.78. The normalized spacial score (nSPS) is 24.8. The molecule has 3 amide bonds. The number of carbonyl (C=O) groups is 4. The van der Waals surface area contributed by atoms with Crippen LogP contribution < -0.4 is 14.5 Å². The molecule has 2 saturated heterocycles. The zero-order valence-electron chi connectivity index (χ0n) is 22.4. The molecular formula is C31H34N2O5. The summed E-state index contributed by atoms with van der Waals surface area (Å²) in [6.45, 7) is 8.17. The van der Waals surface area contributed by atoms with Crippen molar-refractivity contribution >= 4 is 35.1 Å². The molecule has 0 saturated carbocycles. The van der Waals surface area contributed by atoms with Gasteiger partial charge in [-0.2, -0.15) is 0 Å². The van der Waals surface area contributed by atoms with Gasteiger partial charge in [0.1, 0.15) is 5.75 Å². The van der Waals surface area contributed by atoms with Crippen LogP contribution in [0, 0.1) is 30.6 Å². The molecule has 0 aromatic heterocycles.